The van der Waals surface area contributed by atoms with Crippen LogP contribution in [0, 0.1) is 17.2 Å². The van der Waals surface area contributed by atoms with Gasteiger partial charge in [-0.1, -0.05) is 26.0 Å². The molecule has 4 aromatic heterocycles. The maximum Gasteiger partial charge on any atom is 0.150 e. The first-order chi connectivity index (χ1) is 25.7. The van der Waals surface area contributed by atoms with Crippen molar-refractivity contribution in [1.29, 1.82) is 5.26 Å². The number of hydrogen-bond acceptors (Lipinski definition) is 10. The topological polar surface area (TPSA) is 132 Å². The molecule has 6 aromatic rings. The number of aldehydes is 1. The number of carbonyl (C=O) groups is 1. The third kappa shape index (κ3) is 7.77. The predicted octanol–water partition coefficient (Wildman–Crippen LogP) is 6.68. The number of aryl methyl sites for hydroxylation is 4. The molecule has 5 heterocycles. The van der Waals surface area contributed by atoms with E-state index in [-0.39, 0.29) is 12.6 Å². The van der Waals surface area contributed by atoms with E-state index in [1.807, 2.05) is 72.7 Å². The quantitative estimate of drug-likeness (QED) is 0.154. The number of nitrogens with zero attached hydrogens (tertiary/aromatic N) is 10. The molecule has 1 saturated heterocycles. The summed E-state index contributed by atoms with van der Waals surface area (Å²) in [5.74, 6) is 2.08. The van der Waals surface area contributed by atoms with Crippen molar-refractivity contribution in [3.05, 3.63) is 95.8 Å². The molecule has 7 rings (SSSR count). The Kier molecular flexibility index (Phi) is 11.5. The van der Waals surface area contributed by atoms with Crippen LogP contribution in [0.3, 0.4) is 0 Å². The van der Waals surface area contributed by atoms with Gasteiger partial charge in [0, 0.05) is 77.0 Å². The first-order valence-electron chi connectivity index (χ1n) is 18.2. The molecule has 1 N–H and O–H groups in total. The third-order valence-electron chi connectivity index (χ3n) is 10.4. The van der Waals surface area contributed by atoms with Gasteiger partial charge in [0.15, 0.2) is 0 Å². The number of piperidine rings is 1. The van der Waals surface area contributed by atoms with E-state index >= 15 is 0 Å². The van der Waals surface area contributed by atoms with Crippen LogP contribution in [-0.4, -0.2) is 79.2 Å². The normalized spacial score (nSPS) is 14.1. The van der Waals surface area contributed by atoms with Crippen LogP contribution in [0.1, 0.15) is 59.8 Å². The summed E-state index contributed by atoms with van der Waals surface area (Å²) in [7, 11) is 7.96. The van der Waals surface area contributed by atoms with Gasteiger partial charge >= 0.3 is 0 Å². The van der Waals surface area contributed by atoms with Gasteiger partial charge in [-0.2, -0.15) is 5.26 Å². The summed E-state index contributed by atoms with van der Waals surface area (Å²) < 4.78 is 3.97. The van der Waals surface area contributed by atoms with E-state index in [0.717, 1.165) is 101 Å². The van der Waals surface area contributed by atoms with E-state index in [0.29, 0.717) is 11.5 Å². The smallest absolute Gasteiger partial charge is 0.150 e. The zero-order chi connectivity index (χ0) is 37.6. The van der Waals surface area contributed by atoms with Gasteiger partial charge in [0.2, 0.25) is 0 Å². The molecule has 1 aliphatic heterocycles. The first kappa shape index (κ1) is 37.1. The molecule has 0 aliphatic carbocycles. The number of likely N-dealkylation sites (tertiary alicyclic amines) is 1. The molecule has 53 heavy (non-hydrogen) atoms. The monoisotopic (exact) mass is 712 g/mol. The highest BCUT2D eigenvalue weighted by atomic mass is 16.3. The van der Waals surface area contributed by atoms with Crippen molar-refractivity contribution in [3.8, 4) is 6.07 Å². The second kappa shape index (κ2) is 16.4. The molecule has 1 fully saturated rings. The van der Waals surface area contributed by atoms with Crippen LogP contribution >= 0.6 is 0 Å². The zero-order valence-electron chi connectivity index (χ0n) is 31.4. The summed E-state index contributed by atoms with van der Waals surface area (Å²) in [6, 6.07) is 18.4. The average molecular weight is 713 g/mol. The molecule has 0 saturated carbocycles. The Balaban J connectivity index is 0.000000192. The number of anilines is 4. The standard InChI is InChI=1S/C24H30N6O.C17H18N4O/c1-4-18-11-19(23(13-25)30-9-7-17(15-31)8-10-30)5-6-21(18)29(3)24-12-22-20(14-26-24)27-16-28(22)2;1-4-13-7-12(10-22)5-6-15(13)21(3)17-8-16-14(9-18-17)19-11-20(16)2/h5-6,11-12,14,16-17,23,31H,4,7-10,15H2,1-3H3;5-11H,4H2,1-3H3. The van der Waals surface area contributed by atoms with Crippen molar-refractivity contribution < 1.29 is 9.90 Å². The van der Waals surface area contributed by atoms with Crippen LogP contribution in [0.5, 0.6) is 0 Å². The lowest BCUT2D eigenvalue weighted by Gasteiger charge is -2.34. The first-order valence-corrected chi connectivity index (χ1v) is 18.2. The number of pyridine rings is 2. The Hall–Kier alpha value is -5.64. The molecular formula is C41H48N10O2. The lowest BCUT2D eigenvalue weighted by atomic mass is 9.94. The van der Waals surface area contributed by atoms with Crippen molar-refractivity contribution in [2.75, 3.05) is 43.6 Å². The summed E-state index contributed by atoms with van der Waals surface area (Å²) >= 11 is 0. The third-order valence-corrected chi connectivity index (χ3v) is 10.4. The number of nitriles is 1. The van der Waals surface area contributed by atoms with Gasteiger partial charge in [0.1, 0.15) is 35.0 Å². The molecule has 1 aliphatic rings. The molecular weight excluding hydrogens is 665 g/mol. The number of imidazole rings is 2. The average Bonchev–Trinajstić information content (AvgIpc) is 3.78. The maximum absolute atomic E-state index is 10.9. The Morgan fingerprint density at radius 3 is 1.85 bits per heavy atom. The fourth-order valence-corrected chi connectivity index (χ4v) is 7.09. The van der Waals surface area contributed by atoms with Crippen LogP contribution in [0.25, 0.3) is 22.1 Å². The fourth-order valence-electron chi connectivity index (χ4n) is 7.09. The van der Waals surface area contributed by atoms with Crippen molar-refractivity contribution >= 4 is 51.4 Å². The number of aliphatic hydroxyl groups excluding tert-OH is 1. The fraction of sp³-hybridized carbons (Fsp3) is 0.366. The Morgan fingerprint density at radius 2 is 1.36 bits per heavy atom. The van der Waals surface area contributed by atoms with Crippen molar-refractivity contribution in [3.63, 3.8) is 0 Å². The number of carbonyl (C=O) groups excluding carboxylic acids is 1. The second-order valence-corrected chi connectivity index (χ2v) is 13.7. The van der Waals surface area contributed by atoms with Gasteiger partial charge in [0.05, 0.1) is 42.2 Å². The van der Waals surface area contributed by atoms with Gasteiger partial charge in [-0.05, 0) is 72.6 Å². The van der Waals surface area contributed by atoms with Gasteiger partial charge in [0.25, 0.3) is 0 Å². The minimum absolute atomic E-state index is 0.241. The van der Waals surface area contributed by atoms with E-state index in [1.54, 1.807) is 18.9 Å². The highest BCUT2D eigenvalue weighted by Crippen LogP contribution is 2.33. The second-order valence-electron chi connectivity index (χ2n) is 13.7. The number of aliphatic hydroxyl groups is 1. The SMILES string of the molecule is CCc1cc(C(C#N)N2CCC(CO)CC2)ccc1N(C)c1cc2c(cn1)ncn2C.CCc1cc(C=O)ccc1N(C)c1cc2c(cn1)ncn2C. The molecule has 0 radical (unpaired) electrons. The lowest BCUT2D eigenvalue weighted by Crippen LogP contribution is -2.37. The molecule has 12 heteroatoms. The molecule has 274 valence electrons. The molecule has 0 spiro atoms. The Morgan fingerprint density at radius 1 is 0.830 bits per heavy atom. The molecule has 0 amide bonds. The summed E-state index contributed by atoms with van der Waals surface area (Å²) in [6.07, 6.45) is 11.7. The van der Waals surface area contributed by atoms with Gasteiger partial charge in [-0.3, -0.25) is 9.69 Å². The number of aromatic nitrogens is 6. The number of fused-ring (bicyclic) bond motifs is 2. The van der Waals surface area contributed by atoms with Crippen LogP contribution < -0.4 is 9.80 Å². The number of rotatable bonds is 10. The molecule has 1 unspecified atom stereocenters. The van der Waals surface area contributed by atoms with Crippen molar-refractivity contribution in [2.45, 2.75) is 45.6 Å². The predicted molar refractivity (Wildman–Crippen MR) is 210 cm³/mol. The Labute approximate surface area is 311 Å². The molecule has 0 bridgehead atoms. The van der Waals surface area contributed by atoms with Gasteiger partial charge < -0.3 is 24.0 Å². The number of hydrogen-bond donors (Lipinski definition) is 1. The number of benzene rings is 2. The van der Waals surface area contributed by atoms with Gasteiger partial charge in [-0.15, -0.1) is 0 Å². The van der Waals surface area contributed by atoms with E-state index < -0.39 is 0 Å². The summed E-state index contributed by atoms with van der Waals surface area (Å²) in [6.45, 7) is 6.16. The van der Waals surface area contributed by atoms with Crippen LogP contribution in [0.15, 0.2) is 73.6 Å². The lowest BCUT2D eigenvalue weighted by molar-refractivity contribution is 0.112. The summed E-state index contributed by atoms with van der Waals surface area (Å²) in [5.41, 5.74) is 10.0. The van der Waals surface area contributed by atoms with E-state index in [2.05, 4.69) is 73.9 Å². The van der Waals surface area contributed by atoms with E-state index in [4.69, 9.17) is 0 Å². The van der Waals surface area contributed by atoms with Crippen LogP contribution in [-0.2, 0) is 26.9 Å². The largest absolute Gasteiger partial charge is 0.396 e. The zero-order valence-corrected chi connectivity index (χ0v) is 31.4. The molecule has 2 aromatic carbocycles. The highest BCUT2D eigenvalue weighted by Gasteiger charge is 2.26. The van der Waals surface area contributed by atoms with Crippen molar-refractivity contribution in [1.82, 2.24) is 34.0 Å². The minimum Gasteiger partial charge on any atom is -0.396 e. The van der Waals surface area contributed by atoms with E-state index in [1.165, 1.54) is 5.56 Å². The minimum atomic E-state index is -0.256. The summed E-state index contributed by atoms with van der Waals surface area (Å²) in [5, 5.41) is 19.3. The van der Waals surface area contributed by atoms with Crippen molar-refractivity contribution in [2.24, 2.45) is 20.0 Å². The van der Waals surface area contributed by atoms with Crippen LogP contribution in [0.4, 0.5) is 23.0 Å². The van der Waals surface area contributed by atoms with E-state index in [9.17, 15) is 15.2 Å². The molecule has 1 atom stereocenters. The van der Waals surface area contributed by atoms with Gasteiger partial charge in [-0.25, -0.2) is 19.9 Å². The maximum atomic E-state index is 10.9. The summed E-state index contributed by atoms with van der Waals surface area (Å²) in [4.78, 5) is 35.1. The highest BCUT2D eigenvalue weighted by molar-refractivity contribution is 5.81. The molecule has 12 nitrogen and oxygen atoms in total. The Bertz CT molecular complexity index is 2250. The van der Waals surface area contributed by atoms with Crippen LogP contribution in [0.2, 0.25) is 0 Å².